The van der Waals surface area contributed by atoms with Gasteiger partial charge in [0, 0.05) is 24.6 Å². The molecule has 0 saturated heterocycles. The predicted molar refractivity (Wildman–Crippen MR) is 94.8 cm³/mol. The third kappa shape index (κ3) is 4.04. The van der Waals surface area contributed by atoms with Crippen LogP contribution in [0, 0.1) is 6.92 Å². The number of nitrogens with one attached hydrogen (secondary N) is 3. The molecule has 8 nitrogen and oxygen atoms in total. The van der Waals surface area contributed by atoms with Crippen molar-refractivity contribution < 1.29 is 14.7 Å². The molecule has 26 heavy (non-hydrogen) atoms. The van der Waals surface area contributed by atoms with Gasteiger partial charge in [0.05, 0.1) is 0 Å². The Balaban J connectivity index is 1.64. The Hall–Kier alpha value is -3.68. The quantitative estimate of drug-likeness (QED) is 0.560. The van der Waals surface area contributed by atoms with Crippen molar-refractivity contribution in [2.75, 3.05) is 5.32 Å². The first-order valence-corrected chi connectivity index (χ1v) is 7.87. The van der Waals surface area contributed by atoms with Crippen LogP contribution in [0.1, 0.15) is 32.2 Å². The van der Waals surface area contributed by atoms with Gasteiger partial charge in [-0.1, -0.05) is 0 Å². The number of amides is 2. The molecular weight excluding hydrogens is 334 g/mol. The van der Waals surface area contributed by atoms with Crippen LogP contribution in [0.3, 0.4) is 0 Å². The Morgan fingerprint density at radius 3 is 2.69 bits per heavy atom. The number of carbonyl (C=O) groups is 2. The number of rotatable bonds is 5. The van der Waals surface area contributed by atoms with Gasteiger partial charge in [0.15, 0.2) is 5.69 Å². The van der Waals surface area contributed by atoms with Crippen LogP contribution in [0.5, 0.6) is 5.75 Å². The summed E-state index contributed by atoms with van der Waals surface area (Å²) in [6.45, 7) is 2.14. The first-order valence-electron chi connectivity index (χ1n) is 7.87. The van der Waals surface area contributed by atoms with Crippen LogP contribution in [0.4, 0.5) is 5.82 Å². The van der Waals surface area contributed by atoms with Crippen LogP contribution in [-0.4, -0.2) is 31.9 Å². The fourth-order valence-corrected chi connectivity index (χ4v) is 2.31. The highest BCUT2D eigenvalue weighted by molar-refractivity contribution is 6.04. The number of anilines is 1. The van der Waals surface area contributed by atoms with E-state index < -0.39 is 5.91 Å². The molecule has 2 amide bonds. The van der Waals surface area contributed by atoms with Crippen LogP contribution in [0.2, 0.25) is 0 Å². The lowest BCUT2D eigenvalue weighted by Crippen LogP contribution is -2.23. The number of hydrogen-bond donors (Lipinski definition) is 4. The van der Waals surface area contributed by atoms with Gasteiger partial charge in [-0.15, -0.1) is 0 Å². The molecular formula is C18H17N5O3. The summed E-state index contributed by atoms with van der Waals surface area (Å²) in [4.78, 5) is 35.1. The molecule has 0 aliphatic heterocycles. The molecule has 8 heteroatoms. The van der Waals surface area contributed by atoms with Crippen molar-refractivity contribution in [2.24, 2.45) is 0 Å². The van der Waals surface area contributed by atoms with E-state index in [1.54, 1.807) is 18.2 Å². The summed E-state index contributed by atoms with van der Waals surface area (Å²) in [6, 6.07) is 9.80. The minimum Gasteiger partial charge on any atom is -0.505 e. The zero-order chi connectivity index (χ0) is 18.5. The largest absolute Gasteiger partial charge is 0.505 e. The monoisotopic (exact) mass is 351 g/mol. The predicted octanol–water partition coefficient (Wildman–Crippen LogP) is 2.00. The Bertz CT molecular complexity index is 951. The molecule has 4 N–H and O–H groups in total. The Morgan fingerprint density at radius 2 is 1.96 bits per heavy atom. The summed E-state index contributed by atoms with van der Waals surface area (Å²) < 4.78 is 0. The van der Waals surface area contributed by atoms with E-state index in [2.05, 4.69) is 25.6 Å². The van der Waals surface area contributed by atoms with Crippen LogP contribution >= 0.6 is 0 Å². The number of aromatic amines is 1. The molecule has 132 valence electrons. The second kappa shape index (κ2) is 7.47. The normalized spacial score (nSPS) is 10.3. The fraction of sp³-hybridized carbons (Fsp3) is 0.111. The summed E-state index contributed by atoms with van der Waals surface area (Å²) in [5.41, 5.74) is 2.06. The first-order chi connectivity index (χ1) is 12.5. The van der Waals surface area contributed by atoms with Gasteiger partial charge in [0.25, 0.3) is 11.8 Å². The molecule has 3 aromatic heterocycles. The van der Waals surface area contributed by atoms with E-state index in [9.17, 15) is 14.7 Å². The first kappa shape index (κ1) is 17.2. The van der Waals surface area contributed by atoms with E-state index in [1.165, 1.54) is 24.5 Å². The maximum Gasteiger partial charge on any atom is 0.279 e. The molecule has 0 radical (unpaired) electrons. The van der Waals surface area contributed by atoms with Crippen LogP contribution < -0.4 is 10.6 Å². The molecule has 0 aromatic carbocycles. The van der Waals surface area contributed by atoms with Gasteiger partial charge in [0.1, 0.15) is 17.3 Å². The van der Waals surface area contributed by atoms with Gasteiger partial charge in [-0.2, -0.15) is 0 Å². The van der Waals surface area contributed by atoms with Crippen molar-refractivity contribution in [3.05, 3.63) is 71.4 Å². The molecule has 0 bridgehead atoms. The van der Waals surface area contributed by atoms with Crippen LogP contribution in [0.25, 0.3) is 0 Å². The van der Waals surface area contributed by atoms with Gasteiger partial charge in [-0.05, 0) is 48.9 Å². The van der Waals surface area contributed by atoms with E-state index in [0.717, 1.165) is 11.3 Å². The lowest BCUT2D eigenvalue weighted by atomic mass is 10.2. The number of pyridine rings is 2. The number of carbonyl (C=O) groups excluding carboxylic acids is 2. The third-order valence-corrected chi connectivity index (χ3v) is 3.60. The van der Waals surface area contributed by atoms with Crippen molar-refractivity contribution in [2.45, 2.75) is 13.5 Å². The van der Waals surface area contributed by atoms with Crippen molar-refractivity contribution in [1.82, 2.24) is 20.3 Å². The second-order valence-electron chi connectivity index (χ2n) is 5.61. The highest BCUT2D eigenvalue weighted by Gasteiger charge is 2.13. The molecule has 0 aliphatic carbocycles. The number of aromatic hydroxyl groups is 1. The smallest absolute Gasteiger partial charge is 0.279 e. The van der Waals surface area contributed by atoms with E-state index in [-0.39, 0.29) is 23.9 Å². The molecule has 0 atom stereocenters. The average molecular weight is 351 g/mol. The molecule has 3 aromatic rings. The molecule has 3 heterocycles. The zero-order valence-electron chi connectivity index (χ0n) is 14.0. The maximum absolute atomic E-state index is 12.2. The van der Waals surface area contributed by atoms with Gasteiger partial charge in [0.2, 0.25) is 0 Å². The molecule has 0 unspecified atom stereocenters. The number of nitrogens with zero attached hydrogens (tertiary/aromatic N) is 2. The van der Waals surface area contributed by atoms with E-state index in [4.69, 9.17) is 0 Å². The third-order valence-electron chi connectivity index (χ3n) is 3.60. The molecule has 0 aliphatic rings. The van der Waals surface area contributed by atoms with Gasteiger partial charge >= 0.3 is 0 Å². The lowest BCUT2D eigenvalue weighted by molar-refractivity contribution is 0.0945. The lowest BCUT2D eigenvalue weighted by Gasteiger charge is -2.08. The summed E-state index contributed by atoms with van der Waals surface area (Å²) in [5.74, 6) is -0.713. The van der Waals surface area contributed by atoms with E-state index in [1.807, 2.05) is 13.0 Å². The average Bonchev–Trinajstić information content (AvgIpc) is 3.07. The number of H-pyrrole nitrogens is 1. The van der Waals surface area contributed by atoms with E-state index >= 15 is 0 Å². The SMILES string of the molecule is Cc1ccc(C(=O)NCc2ccnc(NC(=O)c3ncccc3O)c2)[nH]1. The Morgan fingerprint density at radius 1 is 1.12 bits per heavy atom. The van der Waals surface area contributed by atoms with Crippen LogP contribution in [0.15, 0.2) is 48.8 Å². The minimum absolute atomic E-state index is 0.0879. The summed E-state index contributed by atoms with van der Waals surface area (Å²) in [5, 5.41) is 15.0. The Labute approximate surface area is 149 Å². The summed E-state index contributed by atoms with van der Waals surface area (Å²) >= 11 is 0. The number of aryl methyl sites for hydroxylation is 1. The molecule has 0 saturated carbocycles. The number of hydrogen-bond acceptors (Lipinski definition) is 5. The maximum atomic E-state index is 12.2. The minimum atomic E-state index is -0.571. The summed E-state index contributed by atoms with van der Waals surface area (Å²) in [6.07, 6.45) is 2.94. The second-order valence-corrected chi connectivity index (χ2v) is 5.61. The van der Waals surface area contributed by atoms with Crippen molar-refractivity contribution in [1.29, 1.82) is 0 Å². The van der Waals surface area contributed by atoms with Gasteiger partial charge in [-0.3, -0.25) is 9.59 Å². The number of aromatic nitrogens is 3. The van der Waals surface area contributed by atoms with Crippen molar-refractivity contribution >= 4 is 17.6 Å². The van der Waals surface area contributed by atoms with Crippen molar-refractivity contribution in [3.8, 4) is 5.75 Å². The Kier molecular flexibility index (Phi) is 4.93. The van der Waals surface area contributed by atoms with E-state index in [0.29, 0.717) is 11.5 Å². The summed E-state index contributed by atoms with van der Waals surface area (Å²) in [7, 11) is 0. The fourth-order valence-electron chi connectivity index (χ4n) is 2.31. The standard InChI is InChI=1S/C18H17N5O3/c1-11-4-5-13(22-11)17(25)21-10-12-6-8-19-15(9-12)23-18(26)16-14(24)3-2-7-20-16/h2-9,22,24H,10H2,1H3,(H,21,25)(H,19,23,26). The van der Waals surface area contributed by atoms with Crippen LogP contribution in [-0.2, 0) is 6.54 Å². The highest BCUT2D eigenvalue weighted by Crippen LogP contribution is 2.15. The highest BCUT2D eigenvalue weighted by atomic mass is 16.3. The topological polar surface area (TPSA) is 120 Å². The molecule has 0 fully saturated rings. The van der Waals surface area contributed by atoms with Gasteiger partial charge in [-0.25, -0.2) is 9.97 Å². The zero-order valence-corrected chi connectivity index (χ0v) is 14.0. The molecule has 3 rings (SSSR count). The molecule has 0 spiro atoms. The van der Waals surface area contributed by atoms with Crippen molar-refractivity contribution in [3.63, 3.8) is 0 Å². The van der Waals surface area contributed by atoms with Gasteiger partial charge < -0.3 is 20.7 Å².